The topological polar surface area (TPSA) is 86.7 Å². The number of phenolic OH excluding ortho intramolecular Hbond substituents is 1. The first-order valence-corrected chi connectivity index (χ1v) is 9.59. The first kappa shape index (κ1) is 21.0. The van der Waals surface area contributed by atoms with Gasteiger partial charge in [0.2, 0.25) is 0 Å². The summed E-state index contributed by atoms with van der Waals surface area (Å²) in [5, 5.41) is 19.9. The smallest absolute Gasteiger partial charge is 0.126 e. The Bertz CT molecular complexity index is 1010. The molecule has 0 fully saturated rings. The Hall–Kier alpha value is -2.68. The molecule has 3 N–H and O–H groups in total. The van der Waals surface area contributed by atoms with Gasteiger partial charge in [0.25, 0.3) is 0 Å². The van der Waals surface area contributed by atoms with Gasteiger partial charge in [0, 0.05) is 36.4 Å². The first-order valence-electron chi connectivity index (χ1n) is 9.59. The van der Waals surface area contributed by atoms with E-state index >= 15 is 0 Å². The van der Waals surface area contributed by atoms with Crippen LogP contribution in [-0.2, 0) is 19.6 Å². The van der Waals surface area contributed by atoms with Crippen molar-refractivity contribution in [3.8, 4) is 11.4 Å². The quantitative estimate of drug-likeness (QED) is 0.589. The van der Waals surface area contributed by atoms with E-state index in [1.807, 2.05) is 65.2 Å². The maximum absolute atomic E-state index is 11.2. The predicted octanol–water partition coefficient (Wildman–Crippen LogP) is 1.89. The zero-order chi connectivity index (χ0) is 21.3. The minimum absolute atomic E-state index is 0.309. The summed E-state index contributed by atoms with van der Waals surface area (Å²) in [6.45, 7) is 1.95. The molecule has 0 spiro atoms. The van der Waals surface area contributed by atoms with Crippen molar-refractivity contribution in [1.82, 2.24) is 29.7 Å². The number of anilines is 1. The van der Waals surface area contributed by atoms with Gasteiger partial charge >= 0.3 is 0 Å². The summed E-state index contributed by atoms with van der Waals surface area (Å²) < 4.78 is 1.82. The zero-order valence-electron chi connectivity index (χ0n) is 18.1. The Balaban J connectivity index is 2.33. The average Bonchev–Trinajstić information content (AvgIpc) is 3.00. The molecular formula is C21H31N7O. The van der Waals surface area contributed by atoms with Crippen LogP contribution in [0.4, 0.5) is 5.69 Å². The van der Waals surface area contributed by atoms with Crippen molar-refractivity contribution in [1.29, 1.82) is 0 Å². The molecule has 8 nitrogen and oxygen atoms in total. The van der Waals surface area contributed by atoms with Gasteiger partial charge in [-0.3, -0.25) is 0 Å². The SMILES string of the molecule is CN(C)Cc1cc(CN(C)C)c(-n2nnc3cc(N)ccc32)c(CN(C)C)c1O. The lowest BCUT2D eigenvalue weighted by Gasteiger charge is -2.24. The molecule has 2 aromatic carbocycles. The highest BCUT2D eigenvalue weighted by Crippen LogP contribution is 2.35. The van der Waals surface area contributed by atoms with Gasteiger partial charge in [0.1, 0.15) is 11.3 Å². The molecule has 0 atom stereocenters. The number of hydrogen-bond acceptors (Lipinski definition) is 7. The average molecular weight is 398 g/mol. The fraction of sp³-hybridized carbons (Fsp3) is 0.429. The van der Waals surface area contributed by atoms with Crippen LogP contribution in [0.3, 0.4) is 0 Å². The van der Waals surface area contributed by atoms with Crippen LogP contribution in [0.1, 0.15) is 16.7 Å². The van der Waals surface area contributed by atoms with Crippen molar-refractivity contribution >= 4 is 16.7 Å². The van der Waals surface area contributed by atoms with Gasteiger partial charge in [-0.1, -0.05) is 5.21 Å². The minimum atomic E-state index is 0.309. The number of nitrogens with zero attached hydrogens (tertiary/aromatic N) is 6. The van der Waals surface area contributed by atoms with Crippen molar-refractivity contribution in [3.63, 3.8) is 0 Å². The van der Waals surface area contributed by atoms with Gasteiger partial charge in [0.05, 0.1) is 11.2 Å². The number of nitrogen functional groups attached to an aromatic ring is 1. The van der Waals surface area contributed by atoms with Crippen molar-refractivity contribution in [3.05, 3.63) is 41.0 Å². The fourth-order valence-electron chi connectivity index (χ4n) is 3.61. The summed E-state index contributed by atoms with van der Waals surface area (Å²) in [6.07, 6.45) is 0. The molecule has 0 aliphatic rings. The number of fused-ring (bicyclic) bond motifs is 1. The number of aromatic nitrogens is 3. The molecule has 0 bridgehead atoms. The molecule has 1 aromatic heterocycles. The van der Waals surface area contributed by atoms with Crippen LogP contribution in [0.25, 0.3) is 16.7 Å². The van der Waals surface area contributed by atoms with Gasteiger partial charge < -0.3 is 25.5 Å². The Morgan fingerprint density at radius 2 is 1.52 bits per heavy atom. The third kappa shape index (κ3) is 4.50. The van der Waals surface area contributed by atoms with Crippen molar-refractivity contribution in [2.24, 2.45) is 0 Å². The third-order valence-electron chi connectivity index (χ3n) is 4.66. The number of benzene rings is 2. The van der Waals surface area contributed by atoms with Gasteiger partial charge in [0.15, 0.2) is 0 Å². The Morgan fingerprint density at radius 1 is 0.897 bits per heavy atom. The highest BCUT2D eigenvalue weighted by Gasteiger charge is 2.22. The summed E-state index contributed by atoms with van der Waals surface area (Å²) in [4.78, 5) is 6.22. The Kier molecular flexibility index (Phi) is 6.07. The highest BCUT2D eigenvalue weighted by molar-refractivity contribution is 5.80. The molecule has 29 heavy (non-hydrogen) atoms. The number of rotatable bonds is 7. The summed E-state index contributed by atoms with van der Waals surface area (Å²) in [7, 11) is 12.1. The Labute approximate surface area is 172 Å². The second-order valence-corrected chi connectivity index (χ2v) is 8.33. The van der Waals surface area contributed by atoms with Crippen LogP contribution in [0.2, 0.25) is 0 Å². The minimum Gasteiger partial charge on any atom is -0.507 e. The predicted molar refractivity (Wildman–Crippen MR) is 117 cm³/mol. The lowest BCUT2D eigenvalue weighted by Crippen LogP contribution is -2.20. The summed E-state index contributed by atoms with van der Waals surface area (Å²) in [5.41, 5.74) is 11.9. The standard InChI is InChI=1S/C21H31N7O/c1-25(2)11-14-9-15(12-26(3)4)21(29)17(13-27(5)6)20(14)28-19-8-7-16(22)10-18(19)23-24-28/h7-10,29H,11-13,22H2,1-6H3. The van der Waals surface area contributed by atoms with Crippen molar-refractivity contribution < 1.29 is 5.11 Å². The molecule has 156 valence electrons. The second kappa shape index (κ2) is 8.36. The van der Waals surface area contributed by atoms with Crippen LogP contribution in [-0.4, -0.2) is 77.1 Å². The van der Waals surface area contributed by atoms with E-state index in [9.17, 15) is 5.11 Å². The lowest BCUT2D eigenvalue weighted by molar-refractivity contribution is 0.363. The van der Waals surface area contributed by atoms with Crippen LogP contribution >= 0.6 is 0 Å². The van der Waals surface area contributed by atoms with E-state index in [0.29, 0.717) is 31.1 Å². The van der Waals surface area contributed by atoms with E-state index in [1.165, 1.54) is 0 Å². The largest absolute Gasteiger partial charge is 0.507 e. The highest BCUT2D eigenvalue weighted by atomic mass is 16.3. The van der Waals surface area contributed by atoms with Crippen LogP contribution in [0.15, 0.2) is 24.3 Å². The van der Waals surface area contributed by atoms with E-state index < -0.39 is 0 Å². The van der Waals surface area contributed by atoms with E-state index in [4.69, 9.17) is 5.73 Å². The van der Waals surface area contributed by atoms with Crippen LogP contribution in [0, 0.1) is 0 Å². The first-order chi connectivity index (χ1) is 13.7. The molecule has 3 rings (SSSR count). The third-order valence-corrected chi connectivity index (χ3v) is 4.66. The molecule has 0 aliphatic heterocycles. The van der Waals surface area contributed by atoms with Crippen LogP contribution in [0.5, 0.6) is 5.75 Å². The number of nitrogens with two attached hydrogens (primary N) is 1. The molecule has 0 unspecified atom stereocenters. The van der Waals surface area contributed by atoms with Gasteiger partial charge in [-0.05, 0) is 72.1 Å². The molecule has 0 amide bonds. The van der Waals surface area contributed by atoms with Gasteiger partial charge in [-0.2, -0.15) is 0 Å². The lowest BCUT2D eigenvalue weighted by atomic mass is 9.99. The maximum Gasteiger partial charge on any atom is 0.126 e. The molecule has 0 saturated carbocycles. The molecule has 1 heterocycles. The van der Waals surface area contributed by atoms with E-state index in [-0.39, 0.29) is 0 Å². The molecule has 8 heteroatoms. The molecule has 0 saturated heterocycles. The van der Waals surface area contributed by atoms with Gasteiger partial charge in [-0.25, -0.2) is 4.68 Å². The van der Waals surface area contributed by atoms with Crippen LogP contribution < -0.4 is 5.73 Å². The van der Waals surface area contributed by atoms with Crippen molar-refractivity contribution in [2.75, 3.05) is 48.0 Å². The van der Waals surface area contributed by atoms with E-state index in [1.54, 1.807) is 0 Å². The number of phenols is 1. The maximum atomic E-state index is 11.2. The monoisotopic (exact) mass is 397 g/mol. The Morgan fingerprint density at radius 3 is 2.14 bits per heavy atom. The van der Waals surface area contributed by atoms with E-state index in [2.05, 4.69) is 31.1 Å². The normalized spacial score (nSPS) is 12.0. The summed E-state index contributed by atoms with van der Waals surface area (Å²) in [5.74, 6) is 0.309. The molecule has 3 aromatic rings. The second-order valence-electron chi connectivity index (χ2n) is 8.33. The molecule has 0 aliphatic carbocycles. The van der Waals surface area contributed by atoms with Gasteiger partial charge in [-0.15, -0.1) is 5.10 Å². The number of aromatic hydroxyl groups is 1. The molecule has 0 radical (unpaired) electrons. The summed E-state index contributed by atoms with van der Waals surface area (Å²) in [6, 6.07) is 7.67. The number of hydrogen-bond donors (Lipinski definition) is 2. The van der Waals surface area contributed by atoms with E-state index in [0.717, 1.165) is 33.4 Å². The van der Waals surface area contributed by atoms with Crippen molar-refractivity contribution in [2.45, 2.75) is 19.6 Å². The fourth-order valence-corrected chi connectivity index (χ4v) is 3.61. The zero-order valence-corrected chi connectivity index (χ0v) is 18.1. The molecular weight excluding hydrogens is 366 g/mol. The summed E-state index contributed by atoms with van der Waals surface area (Å²) >= 11 is 0.